The van der Waals surface area contributed by atoms with Crippen LogP contribution in [-0.4, -0.2) is 22.0 Å². The fourth-order valence-corrected chi connectivity index (χ4v) is 2.42. The molecule has 2 N–H and O–H groups in total. The number of nitrogens with one attached hydrogen (secondary N) is 1. The minimum atomic E-state index is -1.14. The summed E-state index contributed by atoms with van der Waals surface area (Å²) in [4.78, 5) is 26.2. The fraction of sp³-hybridized carbons (Fsp3) is 0. The SMILES string of the molecule is O=C(O)c1csc(C(=O)Nc2ccccc2I)n1. The Morgan fingerprint density at radius 2 is 2.06 bits per heavy atom. The molecule has 0 saturated carbocycles. The lowest BCUT2D eigenvalue weighted by Crippen LogP contribution is -2.13. The summed E-state index contributed by atoms with van der Waals surface area (Å²) >= 11 is 3.11. The highest BCUT2D eigenvalue weighted by atomic mass is 127. The minimum Gasteiger partial charge on any atom is -0.476 e. The molecule has 0 bridgehead atoms. The fourth-order valence-electron chi connectivity index (χ4n) is 1.21. The van der Waals surface area contributed by atoms with Crippen LogP contribution in [0.5, 0.6) is 0 Å². The van der Waals surface area contributed by atoms with Crippen molar-refractivity contribution >= 4 is 51.5 Å². The molecule has 0 aliphatic heterocycles. The lowest BCUT2D eigenvalue weighted by Gasteiger charge is -2.04. The molecule has 0 atom stereocenters. The smallest absolute Gasteiger partial charge is 0.355 e. The number of hydrogen-bond acceptors (Lipinski definition) is 4. The van der Waals surface area contributed by atoms with Crippen molar-refractivity contribution in [2.24, 2.45) is 0 Å². The van der Waals surface area contributed by atoms with E-state index in [-0.39, 0.29) is 10.7 Å². The molecule has 1 heterocycles. The summed E-state index contributed by atoms with van der Waals surface area (Å²) in [5.41, 5.74) is 0.558. The Morgan fingerprint density at radius 3 is 2.67 bits per heavy atom. The first-order valence-electron chi connectivity index (χ1n) is 4.82. The van der Waals surface area contributed by atoms with E-state index in [0.29, 0.717) is 5.69 Å². The van der Waals surface area contributed by atoms with Gasteiger partial charge in [-0.2, -0.15) is 0 Å². The van der Waals surface area contributed by atoms with E-state index < -0.39 is 11.9 Å². The van der Waals surface area contributed by atoms with E-state index in [1.165, 1.54) is 5.38 Å². The number of carbonyl (C=O) groups is 2. The quantitative estimate of drug-likeness (QED) is 0.810. The van der Waals surface area contributed by atoms with Crippen LogP contribution < -0.4 is 5.32 Å². The third-order valence-corrected chi connectivity index (χ3v) is 3.82. The number of para-hydroxylation sites is 1. The van der Waals surface area contributed by atoms with Crippen molar-refractivity contribution in [3.05, 3.63) is 43.9 Å². The van der Waals surface area contributed by atoms with Crippen LogP contribution >= 0.6 is 33.9 Å². The third-order valence-electron chi connectivity index (χ3n) is 2.04. The molecule has 0 spiro atoms. The van der Waals surface area contributed by atoms with Gasteiger partial charge in [-0.15, -0.1) is 11.3 Å². The van der Waals surface area contributed by atoms with E-state index >= 15 is 0 Å². The molecular weight excluding hydrogens is 367 g/mol. The van der Waals surface area contributed by atoms with Crippen molar-refractivity contribution in [3.63, 3.8) is 0 Å². The number of halogens is 1. The Hall–Kier alpha value is -1.48. The molecule has 1 amide bonds. The summed E-state index contributed by atoms with van der Waals surface area (Å²) in [6.07, 6.45) is 0. The van der Waals surface area contributed by atoms with Crippen molar-refractivity contribution < 1.29 is 14.7 Å². The summed E-state index contributed by atoms with van der Waals surface area (Å²) < 4.78 is 0.901. The first-order chi connectivity index (χ1) is 8.58. The Morgan fingerprint density at radius 1 is 1.33 bits per heavy atom. The maximum atomic E-state index is 11.8. The number of hydrogen-bond donors (Lipinski definition) is 2. The van der Waals surface area contributed by atoms with Crippen molar-refractivity contribution in [1.29, 1.82) is 0 Å². The monoisotopic (exact) mass is 374 g/mol. The zero-order valence-electron chi connectivity index (χ0n) is 8.88. The van der Waals surface area contributed by atoms with Gasteiger partial charge in [0, 0.05) is 8.95 Å². The van der Waals surface area contributed by atoms with E-state index in [9.17, 15) is 9.59 Å². The molecule has 0 aliphatic carbocycles. The van der Waals surface area contributed by atoms with Gasteiger partial charge in [0.25, 0.3) is 5.91 Å². The van der Waals surface area contributed by atoms with Gasteiger partial charge in [0.05, 0.1) is 5.69 Å². The van der Waals surface area contributed by atoms with Crippen molar-refractivity contribution in [2.45, 2.75) is 0 Å². The Balaban J connectivity index is 2.17. The van der Waals surface area contributed by atoms with Crippen molar-refractivity contribution in [3.8, 4) is 0 Å². The van der Waals surface area contributed by atoms with Gasteiger partial charge in [-0.1, -0.05) is 12.1 Å². The summed E-state index contributed by atoms with van der Waals surface area (Å²) in [5.74, 6) is -1.55. The zero-order chi connectivity index (χ0) is 13.1. The highest BCUT2D eigenvalue weighted by Crippen LogP contribution is 2.19. The van der Waals surface area contributed by atoms with Crippen LogP contribution in [0.3, 0.4) is 0 Å². The number of benzene rings is 1. The molecule has 1 aromatic carbocycles. The molecule has 7 heteroatoms. The van der Waals surface area contributed by atoms with Gasteiger partial charge in [0.1, 0.15) is 0 Å². The largest absolute Gasteiger partial charge is 0.476 e. The first kappa shape index (κ1) is 13.0. The number of aromatic carboxylic acids is 1. The zero-order valence-corrected chi connectivity index (χ0v) is 11.9. The number of carboxylic acid groups (broad SMARTS) is 1. The van der Waals surface area contributed by atoms with E-state index in [1.54, 1.807) is 6.07 Å². The summed E-state index contributed by atoms with van der Waals surface area (Å²) in [6.45, 7) is 0. The second-order valence-corrected chi connectivity index (χ2v) is 5.30. The molecule has 1 aromatic heterocycles. The number of anilines is 1. The third kappa shape index (κ3) is 2.85. The number of aromatic nitrogens is 1. The number of amides is 1. The second-order valence-electron chi connectivity index (χ2n) is 3.28. The molecule has 0 aliphatic rings. The number of nitrogens with zero attached hydrogens (tertiary/aromatic N) is 1. The van der Waals surface area contributed by atoms with Crippen LogP contribution in [0.4, 0.5) is 5.69 Å². The van der Waals surface area contributed by atoms with Crippen LogP contribution in [0.2, 0.25) is 0 Å². The van der Waals surface area contributed by atoms with Crippen LogP contribution in [-0.2, 0) is 0 Å². The molecule has 18 heavy (non-hydrogen) atoms. The number of rotatable bonds is 3. The average molecular weight is 374 g/mol. The topological polar surface area (TPSA) is 79.3 Å². The average Bonchev–Trinajstić information content (AvgIpc) is 2.81. The first-order valence-corrected chi connectivity index (χ1v) is 6.78. The van der Waals surface area contributed by atoms with E-state index in [0.717, 1.165) is 14.9 Å². The Kier molecular flexibility index (Phi) is 3.92. The Labute approximate surface area is 120 Å². The number of thiazole rings is 1. The summed E-state index contributed by atoms with van der Waals surface area (Å²) in [7, 11) is 0. The van der Waals surface area contributed by atoms with Crippen molar-refractivity contribution in [2.75, 3.05) is 5.32 Å². The molecule has 0 radical (unpaired) electrons. The molecule has 2 rings (SSSR count). The van der Waals surface area contributed by atoms with Gasteiger partial charge in [0.2, 0.25) is 0 Å². The van der Waals surface area contributed by atoms with E-state index in [1.807, 2.05) is 18.2 Å². The summed E-state index contributed by atoms with van der Waals surface area (Å²) in [6, 6.07) is 7.30. The molecule has 0 saturated heterocycles. The van der Waals surface area contributed by atoms with E-state index in [4.69, 9.17) is 5.11 Å². The number of carboxylic acids is 1. The molecule has 92 valence electrons. The molecule has 5 nitrogen and oxygen atoms in total. The number of carbonyl (C=O) groups excluding carboxylic acids is 1. The van der Waals surface area contributed by atoms with Gasteiger partial charge < -0.3 is 10.4 Å². The van der Waals surface area contributed by atoms with Crippen LogP contribution in [0, 0.1) is 3.57 Å². The molecular formula is C11H7IN2O3S. The highest BCUT2D eigenvalue weighted by molar-refractivity contribution is 14.1. The summed E-state index contributed by atoms with van der Waals surface area (Å²) in [5, 5.41) is 12.9. The highest BCUT2D eigenvalue weighted by Gasteiger charge is 2.15. The van der Waals surface area contributed by atoms with Crippen LogP contribution in [0.25, 0.3) is 0 Å². The predicted molar refractivity (Wildman–Crippen MR) is 76.2 cm³/mol. The van der Waals surface area contributed by atoms with Crippen molar-refractivity contribution in [1.82, 2.24) is 4.98 Å². The standard InChI is InChI=1S/C11H7IN2O3S/c12-6-3-1-2-4-7(6)13-9(15)10-14-8(5-18-10)11(16)17/h1-5H,(H,13,15)(H,16,17). The minimum absolute atomic E-state index is 0.118. The van der Waals surface area contributed by atoms with Gasteiger partial charge in [-0.25, -0.2) is 9.78 Å². The lowest BCUT2D eigenvalue weighted by molar-refractivity contribution is 0.0691. The second kappa shape index (κ2) is 5.44. The van der Waals surface area contributed by atoms with Gasteiger partial charge in [-0.3, -0.25) is 4.79 Å². The van der Waals surface area contributed by atoms with Crippen LogP contribution in [0.1, 0.15) is 20.3 Å². The van der Waals surface area contributed by atoms with Gasteiger partial charge >= 0.3 is 5.97 Å². The molecule has 2 aromatic rings. The lowest BCUT2D eigenvalue weighted by atomic mass is 10.3. The predicted octanol–water partition coefficient (Wildman–Crippen LogP) is 2.70. The molecule has 0 unspecified atom stereocenters. The van der Waals surface area contributed by atoms with E-state index in [2.05, 4.69) is 32.9 Å². The van der Waals surface area contributed by atoms with Crippen LogP contribution in [0.15, 0.2) is 29.6 Å². The Bertz CT molecular complexity index is 612. The maximum Gasteiger partial charge on any atom is 0.355 e. The normalized spacial score (nSPS) is 10.1. The molecule has 0 fully saturated rings. The maximum absolute atomic E-state index is 11.8. The van der Waals surface area contributed by atoms with Gasteiger partial charge in [-0.05, 0) is 34.7 Å². The van der Waals surface area contributed by atoms with Gasteiger partial charge in [0.15, 0.2) is 10.7 Å².